The number of aryl methyl sites for hydroxylation is 4. The predicted octanol–water partition coefficient (Wildman–Crippen LogP) is 11.4. The highest BCUT2D eigenvalue weighted by molar-refractivity contribution is 7.98. The zero-order chi connectivity index (χ0) is 75.9. The molecule has 8 N–H and O–H groups in total. The molecule has 0 bridgehead atoms. The summed E-state index contributed by atoms with van der Waals surface area (Å²) in [5, 5.41) is 28.3. The summed E-state index contributed by atoms with van der Waals surface area (Å²) in [7, 11) is 1.51. The third-order valence-electron chi connectivity index (χ3n) is 15.7. The van der Waals surface area contributed by atoms with Crippen molar-refractivity contribution in [1.29, 1.82) is 0 Å². The van der Waals surface area contributed by atoms with Crippen molar-refractivity contribution in [2.75, 3.05) is 34.6 Å². The molecule has 12 rings (SSSR count). The molecule has 29 nitrogen and oxygen atoms in total. The Balaban J connectivity index is 0.000000162. The fourth-order valence-electron chi connectivity index (χ4n) is 10.3. The molecular weight excluding hydrogens is 1360 g/mol. The Kier molecular flexibility index (Phi) is 24.9. The minimum Gasteiger partial charge on any atom is -0.496 e. The van der Waals surface area contributed by atoms with E-state index < -0.39 is 11.7 Å². The lowest BCUT2D eigenvalue weighted by atomic mass is 10.1. The van der Waals surface area contributed by atoms with Crippen molar-refractivity contribution in [3.05, 3.63) is 267 Å². The maximum absolute atomic E-state index is 13.8. The van der Waals surface area contributed by atoms with Crippen molar-refractivity contribution >= 4 is 58.7 Å². The summed E-state index contributed by atoms with van der Waals surface area (Å²) in [5.74, 6) is 1.02. The number of carbonyl (C=O) groups excluding carboxylic acids is 4. The number of anilines is 4. The summed E-state index contributed by atoms with van der Waals surface area (Å²) in [6.45, 7) is 22.5. The smallest absolute Gasteiger partial charge is 0.260 e. The molecule has 8 heterocycles. The van der Waals surface area contributed by atoms with Gasteiger partial charge in [-0.3, -0.25) is 58.3 Å². The van der Waals surface area contributed by atoms with Crippen LogP contribution in [-0.4, -0.2) is 116 Å². The molecule has 542 valence electrons. The average Bonchev–Trinajstić information content (AvgIpc) is 1.71. The largest absolute Gasteiger partial charge is 0.496 e. The lowest BCUT2D eigenvalue weighted by Crippen LogP contribution is -2.21. The second-order valence-corrected chi connectivity index (χ2v) is 25.8. The Labute approximate surface area is 605 Å². The molecule has 0 atom stereocenters. The number of nitrogens with zero attached hydrogens (tertiary/aromatic N) is 12. The van der Waals surface area contributed by atoms with Crippen LogP contribution in [0.4, 0.5) is 27.7 Å². The molecule has 4 amide bonds. The Morgan fingerprint density at radius 2 is 0.705 bits per heavy atom. The van der Waals surface area contributed by atoms with E-state index in [1.807, 2.05) is 92.8 Å². The molecule has 0 fully saturated rings. The van der Waals surface area contributed by atoms with Gasteiger partial charge >= 0.3 is 0 Å². The molecule has 0 saturated carbocycles. The topological polar surface area (TPSA) is 380 Å². The minimum atomic E-state index is -0.624. The van der Waals surface area contributed by atoms with Crippen molar-refractivity contribution in [3.8, 4) is 29.5 Å². The van der Waals surface area contributed by atoms with Crippen molar-refractivity contribution in [2.24, 2.45) is 0 Å². The lowest BCUT2D eigenvalue weighted by Gasteiger charge is -2.11. The van der Waals surface area contributed by atoms with Gasteiger partial charge in [-0.1, -0.05) is 110 Å². The number of amides is 4. The van der Waals surface area contributed by atoms with Gasteiger partial charge in [0.05, 0.1) is 46.6 Å². The molecule has 8 aromatic heterocycles. The van der Waals surface area contributed by atoms with Gasteiger partial charge in [-0.2, -0.15) is 39.1 Å². The molecule has 105 heavy (non-hydrogen) atoms. The van der Waals surface area contributed by atoms with Gasteiger partial charge in [-0.25, -0.2) is 24.3 Å². The van der Waals surface area contributed by atoms with Crippen LogP contribution in [0.15, 0.2) is 176 Å². The van der Waals surface area contributed by atoms with Gasteiger partial charge in [-0.15, -0.1) is 11.8 Å². The third-order valence-corrected chi connectivity index (χ3v) is 16.5. The van der Waals surface area contributed by atoms with E-state index in [-0.39, 0.29) is 98.8 Å². The number of hydrogen-bond acceptors (Lipinski definition) is 18. The number of benzene rings is 4. The highest BCUT2D eigenvalue weighted by Gasteiger charge is 2.23. The quantitative estimate of drug-likeness (QED) is 0.0370. The molecule has 0 aliphatic carbocycles. The molecule has 31 heteroatoms. The third kappa shape index (κ3) is 18.9. The first kappa shape index (κ1) is 76.4. The van der Waals surface area contributed by atoms with Crippen LogP contribution in [0.3, 0.4) is 0 Å². The average molecular weight is 1440 g/mol. The van der Waals surface area contributed by atoms with Gasteiger partial charge in [0.2, 0.25) is 23.8 Å². The molecule has 4 aromatic carbocycles. The zero-order valence-corrected chi connectivity index (χ0v) is 60.9. The molecule has 0 radical (unpaired) electrons. The van der Waals surface area contributed by atoms with Gasteiger partial charge in [0.25, 0.3) is 45.9 Å². The molecule has 0 saturated heterocycles. The van der Waals surface area contributed by atoms with Crippen molar-refractivity contribution in [1.82, 2.24) is 79.0 Å². The molecule has 0 aliphatic heterocycles. The van der Waals surface area contributed by atoms with E-state index in [2.05, 4.69) is 81.5 Å². The van der Waals surface area contributed by atoms with Crippen LogP contribution in [0.1, 0.15) is 166 Å². The van der Waals surface area contributed by atoms with E-state index in [4.69, 9.17) is 4.74 Å². The highest BCUT2D eigenvalue weighted by Crippen LogP contribution is 2.25. The van der Waals surface area contributed by atoms with E-state index in [1.54, 1.807) is 118 Å². The fraction of sp³-hybridized carbons (Fsp3) is 0.243. The standard InChI is InChI=1S/C19H21N5O3.C19H21N5O2S.C18H18FN5O2.C18H19N5O2/c2*1-11(2)14-10-20-19(22-18(14)26)24-16(9-12(3)23-24)21-17(25)13-7-5-6-8-15(13)27-4;1-10(2)13-9-20-18(22-17(13)26)24-15(8-11(3)23-24)21-16(25)12-6-4-5-7-14(12)19;1-11(2)14-10-19-18(21-17(14)25)23-15(9-12(3)22-23)20-16(24)13-7-5-4-6-8-13/h2*5-11H,1-4H3,(H,21,25)(H,20,22,26);4-10H,1-3H3,(H,21,25)(H,20,22,26);4-11H,1-3H3,(H,20,24)(H,19,21,25). The number of para-hydroxylation sites is 1. The predicted molar refractivity (Wildman–Crippen MR) is 399 cm³/mol. The Morgan fingerprint density at radius 1 is 0.410 bits per heavy atom. The van der Waals surface area contributed by atoms with Crippen LogP contribution < -0.4 is 48.2 Å². The van der Waals surface area contributed by atoms with E-state index in [9.17, 15) is 42.7 Å². The summed E-state index contributed by atoms with van der Waals surface area (Å²) < 4.78 is 24.6. The van der Waals surface area contributed by atoms with Gasteiger partial charge in [-0.05, 0) is 106 Å². The highest BCUT2D eigenvalue weighted by atomic mass is 32.2. The number of halogens is 1. The second-order valence-electron chi connectivity index (χ2n) is 25.0. The first-order chi connectivity index (χ1) is 50.1. The van der Waals surface area contributed by atoms with Crippen LogP contribution in [0, 0.1) is 33.5 Å². The molecule has 0 spiro atoms. The van der Waals surface area contributed by atoms with Crippen molar-refractivity contribution in [3.63, 3.8) is 0 Å². The summed E-state index contributed by atoms with van der Waals surface area (Å²) in [6, 6.07) is 35.6. The number of nitrogens with one attached hydrogen (secondary N) is 8. The maximum atomic E-state index is 13.8. The monoisotopic (exact) mass is 1440 g/mol. The van der Waals surface area contributed by atoms with Crippen molar-refractivity contribution < 1.29 is 28.3 Å². The van der Waals surface area contributed by atoms with Gasteiger partial charge in [0.1, 0.15) is 34.8 Å². The van der Waals surface area contributed by atoms with Crippen LogP contribution in [0.25, 0.3) is 23.8 Å². The molecule has 12 aromatic rings. The number of ether oxygens (including phenoxy) is 1. The maximum Gasteiger partial charge on any atom is 0.260 e. The van der Waals surface area contributed by atoms with E-state index in [0.29, 0.717) is 84.9 Å². The van der Waals surface area contributed by atoms with Crippen LogP contribution in [0.2, 0.25) is 0 Å². The summed E-state index contributed by atoms with van der Waals surface area (Å²) >= 11 is 1.50. The van der Waals surface area contributed by atoms with Crippen LogP contribution in [-0.2, 0) is 0 Å². The number of rotatable bonds is 18. The van der Waals surface area contributed by atoms with E-state index in [1.165, 1.54) is 68.2 Å². The SMILES string of the molecule is COc1ccccc1C(=O)Nc1cc(C)nn1-c1ncc(C(C)C)c(=O)[nH]1.CSc1ccccc1C(=O)Nc1cc(C)nn1-c1ncc(C(C)C)c(=O)[nH]1.Cc1cc(NC(=O)c2ccccc2)n(-c2ncc(C(C)C)c(=O)[nH]2)n1.Cc1cc(NC(=O)c2ccccc2F)n(-c2ncc(C(C)C)c(=O)[nH]2)n1. The number of hydrogen-bond donors (Lipinski definition) is 8. The second kappa shape index (κ2) is 34.2. The number of thioether (sulfide) groups is 1. The molecular formula is C74H79FN20O9S. The van der Waals surface area contributed by atoms with Gasteiger partial charge < -0.3 is 26.0 Å². The van der Waals surface area contributed by atoms with Crippen molar-refractivity contribution in [2.45, 2.75) is 112 Å². The van der Waals surface area contributed by atoms with E-state index in [0.717, 1.165) is 4.90 Å². The minimum absolute atomic E-state index is 0.0277. The van der Waals surface area contributed by atoms with Gasteiger partial charge in [0.15, 0.2) is 0 Å². The zero-order valence-electron chi connectivity index (χ0n) is 60.1. The number of carbonyl (C=O) groups is 4. The first-order valence-electron chi connectivity index (χ1n) is 33.1. The van der Waals surface area contributed by atoms with E-state index >= 15 is 0 Å². The summed E-state index contributed by atoms with van der Waals surface area (Å²) in [4.78, 5) is 128. The Bertz CT molecular complexity index is 5210. The lowest BCUT2D eigenvalue weighted by molar-refractivity contribution is 0.101. The molecule has 0 unspecified atom stereocenters. The Morgan fingerprint density at radius 3 is 1.04 bits per heavy atom. The number of H-pyrrole nitrogens is 4. The van der Waals surface area contributed by atoms with Gasteiger partial charge in [0, 0.05) is 81.8 Å². The summed E-state index contributed by atoms with van der Waals surface area (Å²) in [5.41, 5.74) is 5.47. The first-order valence-corrected chi connectivity index (χ1v) is 34.3. The van der Waals surface area contributed by atoms with Crippen LogP contribution in [0.5, 0.6) is 5.75 Å². The normalized spacial score (nSPS) is 10.9. The summed E-state index contributed by atoms with van der Waals surface area (Å²) in [6.07, 6.45) is 8.02. The Hall–Kier alpha value is -12.8. The number of aromatic nitrogens is 16. The molecule has 0 aliphatic rings. The fourth-order valence-corrected chi connectivity index (χ4v) is 10.9. The number of methoxy groups -OCH3 is 1. The van der Waals surface area contributed by atoms with Crippen LogP contribution >= 0.6 is 11.8 Å². The number of aromatic amines is 4.